The Kier molecular flexibility index (Phi) is 3.97. The summed E-state index contributed by atoms with van der Waals surface area (Å²) in [5.41, 5.74) is -0.429. The Hall–Kier alpha value is -0.610. The number of amides is 1. The zero-order valence-electron chi connectivity index (χ0n) is 9.20. The van der Waals surface area contributed by atoms with Crippen LogP contribution >= 0.6 is 27.5 Å². The molecule has 2 nitrogen and oxygen atoms in total. The van der Waals surface area contributed by atoms with Gasteiger partial charge in [0.15, 0.2) is 0 Å². The van der Waals surface area contributed by atoms with E-state index in [1.807, 2.05) is 20.8 Å². The van der Waals surface area contributed by atoms with Crippen LogP contribution in [0.3, 0.4) is 0 Å². The van der Waals surface area contributed by atoms with E-state index in [4.69, 9.17) is 11.6 Å². The molecule has 0 aliphatic heterocycles. The van der Waals surface area contributed by atoms with E-state index in [2.05, 4.69) is 21.2 Å². The third kappa shape index (κ3) is 3.46. The van der Waals surface area contributed by atoms with Gasteiger partial charge >= 0.3 is 0 Å². The third-order valence-electron chi connectivity index (χ3n) is 1.74. The lowest BCUT2D eigenvalue weighted by atomic mass is 10.1. The first-order valence-corrected chi connectivity index (χ1v) is 5.85. The van der Waals surface area contributed by atoms with E-state index >= 15 is 0 Å². The quantitative estimate of drug-likeness (QED) is 0.786. The molecule has 0 atom stereocenters. The molecule has 0 spiro atoms. The van der Waals surface area contributed by atoms with Gasteiger partial charge in [-0.25, -0.2) is 4.39 Å². The van der Waals surface area contributed by atoms with Crippen LogP contribution in [0.5, 0.6) is 0 Å². The van der Waals surface area contributed by atoms with Gasteiger partial charge in [-0.15, -0.1) is 0 Å². The second kappa shape index (κ2) is 4.72. The van der Waals surface area contributed by atoms with Crippen LogP contribution in [-0.4, -0.2) is 11.4 Å². The molecule has 1 aromatic carbocycles. The van der Waals surface area contributed by atoms with Crippen molar-refractivity contribution in [3.8, 4) is 0 Å². The number of hydrogen-bond donors (Lipinski definition) is 1. The van der Waals surface area contributed by atoms with E-state index in [1.54, 1.807) is 0 Å². The molecule has 0 heterocycles. The molecule has 0 bridgehead atoms. The van der Waals surface area contributed by atoms with Crippen molar-refractivity contribution in [2.75, 3.05) is 0 Å². The number of carbonyl (C=O) groups excluding carboxylic acids is 1. The van der Waals surface area contributed by atoms with Gasteiger partial charge in [0.05, 0.1) is 10.6 Å². The number of benzene rings is 1. The lowest BCUT2D eigenvalue weighted by Gasteiger charge is -2.20. The fourth-order valence-electron chi connectivity index (χ4n) is 1.10. The average molecular weight is 309 g/mol. The summed E-state index contributed by atoms with van der Waals surface area (Å²) in [5.74, 6) is -1.09. The van der Waals surface area contributed by atoms with Crippen molar-refractivity contribution in [3.05, 3.63) is 33.0 Å². The van der Waals surface area contributed by atoms with Crippen molar-refractivity contribution in [2.24, 2.45) is 0 Å². The van der Waals surface area contributed by atoms with Crippen molar-refractivity contribution in [1.29, 1.82) is 0 Å². The smallest absolute Gasteiger partial charge is 0.254 e. The maximum Gasteiger partial charge on any atom is 0.254 e. The average Bonchev–Trinajstić information content (AvgIpc) is 2.08. The summed E-state index contributed by atoms with van der Waals surface area (Å²) in [7, 11) is 0. The number of nitrogens with one attached hydrogen (secondary N) is 1. The topological polar surface area (TPSA) is 29.1 Å². The number of rotatable bonds is 1. The largest absolute Gasteiger partial charge is 0.347 e. The third-order valence-corrected chi connectivity index (χ3v) is 2.94. The highest BCUT2D eigenvalue weighted by molar-refractivity contribution is 9.10. The minimum atomic E-state index is -0.630. The van der Waals surface area contributed by atoms with Crippen LogP contribution in [-0.2, 0) is 0 Å². The van der Waals surface area contributed by atoms with E-state index in [-0.39, 0.29) is 10.6 Å². The number of carbonyl (C=O) groups is 1. The second-order valence-electron chi connectivity index (χ2n) is 4.45. The van der Waals surface area contributed by atoms with Crippen LogP contribution in [0.15, 0.2) is 16.6 Å². The van der Waals surface area contributed by atoms with E-state index in [0.29, 0.717) is 4.47 Å². The molecule has 0 aliphatic carbocycles. The predicted molar refractivity (Wildman–Crippen MR) is 66.3 cm³/mol. The van der Waals surface area contributed by atoms with Crippen LogP contribution in [0.2, 0.25) is 5.02 Å². The molecule has 0 aromatic heterocycles. The standard InChI is InChI=1S/C11H12BrClFNO/c1-11(2,3)15-10(16)6-4-7(12)8(13)5-9(6)14/h4-5H,1-3H3,(H,15,16). The van der Waals surface area contributed by atoms with E-state index < -0.39 is 17.3 Å². The Labute approximate surface area is 107 Å². The van der Waals surface area contributed by atoms with Gasteiger partial charge in [-0.2, -0.15) is 0 Å². The molecule has 0 unspecified atom stereocenters. The van der Waals surface area contributed by atoms with Gasteiger partial charge in [0, 0.05) is 10.0 Å². The zero-order chi connectivity index (χ0) is 12.5. The first-order valence-electron chi connectivity index (χ1n) is 4.68. The number of hydrogen-bond acceptors (Lipinski definition) is 1. The van der Waals surface area contributed by atoms with E-state index in [9.17, 15) is 9.18 Å². The summed E-state index contributed by atoms with van der Waals surface area (Å²) >= 11 is 8.85. The highest BCUT2D eigenvalue weighted by atomic mass is 79.9. The molecule has 0 saturated heterocycles. The molecule has 1 aromatic rings. The minimum absolute atomic E-state index is 0.0220. The summed E-state index contributed by atoms with van der Waals surface area (Å²) in [4.78, 5) is 11.7. The van der Waals surface area contributed by atoms with Crippen molar-refractivity contribution in [2.45, 2.75) is 26.3 Å². The maximum absolute atomic E-state index is 13.5. The lowest BCUT2D eigenvalue weighted by Crippen LogP contribution is -2.40. The Bertz CT molecular complexity index is 429. The second-order valence-corrected chi connectivity index (χ2v) is 5.71. The van der Waals surface area contributed by atoms with E-state index in [1.165, 1.54) is 6.07 Å². The highest BCUT2D eigenvalue weighted by Crippen LogP contribution is 2.25. The first kappa shape index (κ1) is 13.5. The fourth-order valence-corrected chi connectivity index (χ4v) is 1.60. The monoisotopic (exact) mass is 307 g/mol. The summed E-state index contributed by atoms with van der Waals surface area (Å²) in [6.45, 7) is 5.48. The van der Waals surface area contributed by atoms with Crippen LogP contribution in [0.1, 0.15) is 31.1 Å². The predicted octanol–water partition coefficient (Wildman–Crippen LogP) is 3.77. The molecule has 0 saturated carbocycles. The van der Waals surface area contributed by atoms with Crippen molar-refractivity contribution >= 4 is 33.4 Å². The highest BCUT2D eigenvalue weighted by Gasteiger charge is 2.19. The summed E-state index contributed by atoms with van der Waals surface area (Å²) in [6, 6.07) is 2.49. The molecule has 5 heteroatoms. The zero-order valence-corrected chi connectivity index (χ0v) is 11.5. The number of halogens is 3. The fraction of sp³-hybridized carbons (Fsp3) is 0.364. The lowest BCUT2D eigenvalue weighted by molar-refractivity contribution is 0.0915. The SMILES string of the molecule is CC(C)(C)NC(=O)c1cc(Br)c(Cl)cc1F. The van der Waals surface area contributed by atoms with Crippen molar-refractivity contribution < 1.29 is 9.18 Å². The van der Waals surface area contributed by atoms with Gasteiger partial charge in [-0.05, 0) is 48.8 Å². The van der Waals surface area contributed by atoms with Crippen molar-refractivity contribution in [3.63, 3.8) is 0 Å². The van der Waals surface area contributed by atoms with Crippen LogP contribution < -0.4 is 5.32 Å². The molecule has 0 aliphatic rings. The molecule has 1 amide bonds. The van der Waals surface area contributed by atoms with Gasteiger partial charge in [0.25, 0.3) is 5.91 Å². The molecule has 16 heavy (non-hydrogen) atoms. The maximum atomic E-state index is 13.5. The van der Waals surface area contributed by atoms with Crippen molar-refractivity contribution in [1.82, 2.24) is 5.32 Å². The minimum Gasteiger partial charge on any atom is -0.347 e. The Morgan fingerprint density at radius 3 is 2.50 bits per heavy atom. The molecule has 88 valence electrons. The normalized spacial score (nSPS) is 11.4. The van der Waals surface area contributed by atoms with E-state index in [0.717, 1.165) is 6.07 Å². The molecule has 1 rings (SSSR count). The van der Waals surface area contributed by atoms with Crippen LogP contribution in [0.25, 0.3) is 0 Å². The molecular formula is C11H12BrClFNO. The van der Waals surface area contributed by atoms with Crippen LogP contribution in [0.4, 0.5) is 4.39 Å². The summed E-state index contributed by atoms with van der Waals surface area (Å²) in [6.07, 6.45) is 0. The Morgan fingerprint density at radius 1 is 1.44 bits per heavy atom. The Morgan fingerprint density at radius 2 is 2.00 bits per heavy atom. The summed E-state index contributed by atoms with van der Waals surface area (Å²) < 4.78 is 14.0. The Balaban J connectivity index is 3.05. The molecule has 1 N–H and O–H groups in total. The summed E-state index contributed by atoms with van der Waals surface area (Å²) in [5, 5.41) is 2.92. The van der Waals surface area contributed by atoms with Gasteiger partial charge in [-0.1, -0.05) is 11.6 Å². The van der Waals surface area contributed by atoms with Gasteiger partial charge < -0.3 is 5.32 Å². The molecule has 0 fully saturated rings. The molecule has 0 radical (unpaired) electrons. The first-order chi connectivity index (χ1) is 7.20. The van der Waals surface area contributed by atoms with Gasteiger partial charge in [0.1, 0.15) is 5.82 Å². The molecular weight excluding hydrogens is 296 g/mol. The van der Waals surface area contributed by atoms with Crippen LogP contribution in [0, 0.1) is 5.82 Å². The van der Waals surface area contributed by atoms with Gasteiger partial charge in [-0.3, -0.25) is 4.79 Å². The van der Waals surface area contributed by atoms with Gasteiger partial charge in [0.2, 0.25) is 0 Å².